The lowest BCUT2D eigenvalue weighted by atomic mass is 10.0. The standard InChI is InChI=1S/C22H27N3O/c1-14(2)12-25(13-18-8-6-7-11-23-18)22(26)21-17(5)19-15(3)9-10-16(4)20(19)24-21/h6-11,14,24H,12-13H2,1-5H3. The fourth-order valence-corrected chi connectivity index (χ4v) is 3.52. The van der Waals surface area contributed by atoms with Gasteiger partial charge in [0.2, 0.25) is 0 Å². The summed E-state index contributed by atoms with van der Waals surface area (Å²) in [5.74, 6) is 0.424. The van der Waals surface area contributed by atoms with Gasteiger partial charge in [0.05, 0.1) is 12.2 Å². The normalized spacial score (nSPS) is 11.3. The van der Waals surface area contributed by atoms with Crippen LogP contribution in [-0.4, -0.2) is 27.3 Å². The minimum absolute atomic E-state index is 0.0388. The molecule has 0 radical (unpaired) electrons. The van der Waals surface area contributed by atoms with Crippen molar-refractivity contribution in [2.45, 2.75) is 41.2 Å². The molecule has 2 heterocycles. The maximum Gasteiger partial charge on any atom is 0.270 e. The van der Waals surface area contributed by atoms with E-state index in [-0.39, 0.29) is 5.91 Å². The molecule has 0 bridgehead atoms. The minimum Gasteiger partial charge on any atom is -0.350 e. The Bertz CT molecular complexity index is 925. The van der Waals surface area contributed by atoms with Crippen LogP contribution in [0, 0.1) is 26.7 Å². The van der Waals surface area contributed by atoms with Crippen molar-refractivity contribution in [1.82, 2.24) is 14.9 Å². The molecule has 4 nitrogen and oxygen atoms in total. The molecule has 0 unspecified atom stereocenters. The van der Waals surface area contributed by atoms with E-state index in [2.05, 4.69) is 49.8 Å². The second-order valence-electron chi connectivity index (χ2n) is 7.47. The number of nitrogens with zero attached hydrogens (tertiary/aromatic N) is 2. The molecule has 3 rings (SSSR count). The van der Waals surface area contributed by atoms with Crippen LogP contribution < -0.4 is 0 Å². The molecule has 0 aliphatic rings. The number of amides is 1. The van der Waals surface area contributed by atoms with Crippen LogP contribution in [0.1, 0.15) is 46.7 Å². The molecule has 26 heavy (non-hydrogen) atoms. The first kappa shape index (κ1) is 18.2. The Morgan fingerprint density at radius 3 is 2.46 bits per heavy atom. The molecule has 2 aromatic heterocycles. The Morgan fingerprint density at radius 2 is 1.85 bits per heavy atom. The highest BCUT2D eigenvalue weighted by molar-refractivity contribution is 6.02. The van der Waals surface area contributed by atoms with E-state index in [9.17, 15) is 4.79 Å². The molecule has 3 aromatic rings. The fraction of sp³-hybridized carbons (Fsp3) is 0.364. The third-order valence-corrected chi connectivity index (χ3v) is 4.79. The summed E-state index contributed by atoms with van der Waals surface area (Å²) < 4.78 is 0. The SMILES string of the molecule is Cc1ccc(C)c2c(C)c(C(=O)N(Cc3ccccn3)CC(C)C)[nH]c12. The molecule has 1 N–H and O–H groups in total. The lowest BCUT2D eigenvalue weighted by Crippen LogP contribution is -2.34. The van der Waals surface area contributed by atoms with Gasteiger partial charge in [-0.2, -0.15) is 0 Å². The van der Waals surface area contributed by atoms with Gasteiger partial charge in [-0.3, -0.25) is 9.78 Å². The zero-order valence-electron chi connectivity index (χ0n) is 16.3. The Balaban J connectivity index is 2.01. The molecule has 1 aromatic carbocycles. The number of carbonyl (C=O) groups is 1. The average molecular weight is 349 g/mol. The molecule has 4 heteroatoms. The topological polar surface area (TPSA) is 49.0 Å². The van der Waals surface area contributed by atoms with E-state index in [0.29, 0.717) is 24.7 Å². The van der Waals surface area contributed by atoms with E-state index >= 15 is 0 Å². The van der Waals surface area contributed by atoms with Crippen molar-refractivity contribution in [1.29, 1.82) is 0 Å². The monoisotopic (exact) mass is 349 g/mol. The van der Waals surface area contributed by atoms with Gasteiger partial charge in [0.25, 0.3) is 5.91 Å². The highest BCUT2D eigenvalue weighted by Gasteiger charge is 2.23. The molecular formula is C22H27N3O. The number of benzene rings is 1. The van der Waals surface area contributed by atoms with Crippen molar-refractivity contribution < 1.29 is 4.79 Å². The molecule has 136 valence electrons. The van der Waals surface area contributed by atoms with Crippen LogP contribution in [0.2, 0.25) is 0 Å². The van der Waals surface area contributed by atoms with Gasteiger partial charge in [-0.15, -0.1) is 0 Å². The summed E-state index contributed by atoms with van der Waals surface area (Å²) in [6.07, 6.45) is 1.77. The third kappa shape index (κ3) is 3.50. The van der Waals surface area contributed by atoms with Crippen LogP contribution in [0.25, 0.3) is 10.9 Å². The van der Waals surface area contributed by atoms with E-state index in [0.717, 1.165) is 27.7 Å². The Hall–Kier alpha value is -2.62. The molecule has 0 spiro atoms. The summed E-state index contributed by atoms with van der Waals surface area (Å²) in [7, 11) is 0. The van der Waals surface area contributed by atoms with Crippen molar-refractivity contribution in [3.05, 3.63) is 64.6 Å². The molecule has 0 fully saturated rings. The lowest BCUT2D eigenvalue weighted by Gasteiger charge is -2.24. The van der Waals surface area contributed by atoms with Crippen LogP contribution in [0.5, 0.6) is 0 Å². The van der Waals surface area contributed by atoms with Crippen molar-refractivity contribution in [2.24, 2.45) is 5.92 Å². The Morgan fingerprint density at radius 1 is 1.12 bits per heavy atom. The highest BCUT2D eigenvalue weighted by atomic mass is 16.2. The lowest BCUT2D eigenvalue weighted by molar-refractivity contribution is 0.0714. The maximum absolute atomic E-state index is 13.4. The number of hydrogen-bond donors (Lipinski definition) is 1. The van der Waals surface area contributed by atoms with Crippen LogP contribution in [-0.2, 0) is 6.54 Å². The smallest absolute Gasteiger partial charge is 0.270 e. The van der Waals surface area contributed by atoms with Crippen LogP contribution >= 0.6 is 0 Å². The van der Waals surface area contributed by atoms with Crippen molar-refractivity contribution in [3.8, 4) is 0 Å². The number of H-pyrrole nitrogens is 1. The fourth-order valence-electron chi connectivity index (χ4n) is 3.52. The van der Waals surface area contributed by atoms with Gasteiger partial charge in [-0.25, -0.2) is 0 Å². The van der Waals surface area contributed by atoms with Crippen molar-refractivity contribution >= 4 is 16.8 Å². The van der Waals surface area contributed by atoms with Gasteiger partial charge in [-0.1, -0.05) is 32.0 Å². The molecular weight excluding hydrogens is 322 g/mol. The summed E-state index contributed by atoms with van der Waals surface area (Å²) in [4.78, 5) is 23.1. The van der Waals surface area contributed by atoms with E-state index in [1.807, 2.05) is 30.0 Å². The zero-order chi connectivity index (χ0) is 18.8. The van der Waals surface area contributed by atoms with Crippen molar-refractivity contribution in [2.75, 3.05) is 6.54 Å². The first-order chi connectivity index (χ1) is 12.4. The maximum atomic E-state index is 13.4. The molecule has 0 saturated heterocycles. The number of hydrogen-bond acceptors (Lipinski definition) is 2. The quantitative estimate of drug-likeness (QED) is 0.720. The summed E-state index contributed by atoms with van der Waals surface area (Å²) in [5, 5.41) is 1.16. The average Bonchev–Trinajstić information content (AvgIpc) is 2.96. The molecule has 1 amide bonds. The first-order valence-corrected chi connectivity index (χ1v) is 9.16. The summed E-state index contributed by atoms with van der Waals surface area (Å²) in [6.45, 7) is 11.7. The van der Waals surface area contributed by atoms with E-state index < -0.39 is 0 Å². The van der Waals surface area contributed by atoms with E-state index in [4.69, 9.17) is 0 Å². The Labute approximate surface area is 155 Å². The largest absolute Gasteiger partial charge is 0.350 e. The molecule has 0 aliphatic carbocycles. The molecule has 0 aliphatic heterocycles. The molecule has 0 atom stereocenters. The second-order valence-corrected chi connectivity index (χ2v) is 7.47. The third-order valence-electron chi connectivity index (χ3n) is 4.79. The Kier molecular flexibility index (Phi) is 5.12. The summed E-state index contributed by atoms with van der Waals surface area (Å²) in [6, 6.07) is 10.0. The minimum atomic E-state index is 0.0388. The number of aryl methyl sites for hydroxylation is 3. The van der Waals surface area contributed by atoms with E-state index in [1.165, 1.54) is 5.56 Å². The number of nitrogens with one attached hydrogen (secondary N) is 1. The number of pyridine rings is 1. The van der Waals surface area contributed by atoms with Crippen LogP contribution in [0.4, 0.5) is 0 Å². The van der Waals surface area contributed by atoms with Crippen LogP contribution in [0.15, 0.2) is 36.5 Å². The van der Waals surface area contributed by atoms with Gasteiger partial charge >= 0.3 is 0 Å². The molecule has 0 saturated carbocycles. The number of rotatable bonds is 5. The zero-order valence-corrected chi connectivity index (χ0v) is 16.3. The predicted octanol–water partition coefficient (Wildman–Crippen LogP) is 4.79. The van der Waals surface area contributed by atoms with Gasteiger partial charge in [0.1, 0.15) is 5.69 Å². The highest BCUT2D eigenvalue weighted by Crippen LogP contribution is 2.28. The summed E-state index contributed by atoms with van der Waals surface area (Å²) >= 11 is 0. The van der Waals surface area contributed by atoms with Crippen molar-refractivity contribution in [3.63, 3.8) is 0 Å². The first-order valence-electron chi connectivity index (χ1n) is 9.16. The van der Waals surface area contributed by atoms with Gasteiger partial charge in [0, 0.05) is 23.6 Å². The second kappa shape index (κ2) is 7.32. The van der Waals surface area contributed by atoms with E-state index in [1.54, 1.807) is 6.20 Å². The number of aromatic nitrogens is 2. The number of aromatic amines is 1. The number of fused-ring (bicyclic) bond motifs is 1. The van der Waals surface area contributed by atoms with Crippen LogP contribution in [0.3, 0.4) is 0 Å². The predicted molar refractivity (Wildman–Crippen MR) is 106 cm³/mol. The number of carbonyl (C=O) groups excluding carboxylic acids is 1. The summed E-state index contributed by atoms with van der Waals surface area (Å²) in [5.41, 5.74) is 6.04. The van der Waals surface area contributed by atoms with Gasteiger partial charge < -0.3 is 9.88 Å². The van der Waals surface area contributed by atoms with Gasteiger partial charge in [0.15, 0.2) is 0 Å². The van der Waals surface area contributed by atoms with Gasteiger partial charge in [-0.05, 0) is 55.5 Å².